The highest BCUT2D eigenvalue weighted by molar-refractivity contribution is 5.86. The third kappa shape index (κ3) is 3.35. The third-order valence-electron chi connectivity index (χ3n) is 4.13. The predicted molar refractivity (Wildman–Crippen MR) is 77.6 cm³/mol. The normalized spacial score (nSPS) is 28.7. The Bertz CT molecular complexity index is 432. The van der Waals surface area contributed by atoms with Gasteiger partial charge in [-0.15, -0.1) is 0 Å². The van der Waals surface area contributed by atoms with Gasteiger partial charge in [-0.3, -0.25) is 4.79 Å². The second-order valence-electron chi connectivity index (χ2n) is 5.96. The van der Waals surface area contributed by atoms with Crippen LogP contribution in [0.2, 0.25) is 0 Å². The summed E-state index contributed by atoms with van der Waals surface area (Å²) in [7, 11) is 0. The van der Waals surface area contributed by atoms with E-state index in [1.165, 1.54) is 6.42 Å². The van der Waals surface area contributed by atoms with Crippen LogP contribution in [0.3, 0.4) is 0 Å². The fourth-order valence-corrected chi connectivity index (χ4v) is 2.96. The largest absolute Gasteiger partial charge is 0.348 e. The first-order valence-electron chi connectivity index (χ1n) is 7.16. The zero-order valence-corrected chi connectivity index (χ0v) is 11.9. The monoisotopic (exact) mass is 260 g/mol. The van der Waals surface area contributed by atoms with Crippen molar-refractivity contribution in [2.45, 2.75) is 51.1 Å². The van der Waals surface area contributed by atoms with Gasteiger partial charge in [-0.25, -0.2) is 0 Å². The molecule has 2 rings (SSSR count). The van der Waals surface area contributed by atoms with E-state index in [1.54, 1.807) is 0 Å². The van der Waals surface area contributed by atoms with Gasteiger partial charge in [-0.05, 0) is 31.2 Å². The maximum atomic E-state index is 12.4. The molecule has 1 amide bonds. The van der Waals surface area contributed by atoms with Crippen LogP contribution in [0.4, 0.5) is 0 Å². The first-order chi connectivity index (χ1) is 9.01. The van der Waals surface area contributed by atoms with Gasteiger partial charge in [0.15, 0.2) is 0 Å². The van der Waals surface area contributed by atoms with Crippen molar-refractivity contribution in [1.29, 1.82) is 0 Å². The standard InChI is InChI=1S/C16H24N2O/c1-12-7-6-10-16(17,11-12)15(19)18-13(2)14-8-4-3-5-9-14/h3-5,8-9,12-13H,6-7,10-11,17H2,1-2H3,(H,18,19). The summed E-state index contributed by atoms with van der Waals surface area (Å²) >= 11 is 0. The Morgan fingerprint density at radius 1 is 1.42 bits per heavy atom. The van der Waals surface area contributed by atoms with E-state index in [1.807, 2.05) is 37.3 Å². The molecule has 0 aliphatic heterocycles. The van der Waals surface area contributed by atoms with E-state index in [-0.39, 0.29) is 11.9 Å². The zero-order valence-electron chi connectivity index (χ0n) is 11.9. The molecule has 1 aromatic carbocycles. The molecule has 0 heterocycles. The van der Waals surface area contributed by atoms with Crippen LogP contribution in [0.25, 0.3) is 0 Å². The minimum Gasteiger partial charge on any atom is -0.348 e. The van der Waals surface area contributed by atoms with Crippen molar-refractivity contribution in [2.24, 2.45) is 11.7 Å². The van der Waals surface area contributed by atoms with E-state index in [4.69, 9.17) is 5.73 Å². The average molecular weight is 260 g/mol. The molecule has 3 unspecified atom stereocenters. The Hall–Kier alpha value is -1.35. The molecule has 104 valence electrons. The van der Waals surface area contributed by atoms with Gasteiger partial charge >= 0.3 is 0 Å². The van der Waals surface area contributed by atoms with Crippen LogP contribution in [0.1, 0.15) is 51.1 Å². The van der Waals surface area contributed by atoms with E-state index < -0.39 is 5.54 Å². The molecule has 19 heavy (non-hydrogen) atoms. The summed E-state index contributed by atoms with van der Waals surface area (Å²) in [6.45, 7) is 4.18. The van der Waals surface area contributed by atoms with Crippen LogP contribution in [-0.2, 0) is 4.79 Å². The highest BCUT2D eigenvalue weighted by atomic mass is 16.2. The minimum absolute atomic E-state index is 0.00426. The number of nitrogens with two attached hydrogens (primary N) is 1. The van der Waals surface area contributed by atoms with Crippen molar-refractivity contribution in [3.8, 4) is 0 Å². The van der Waals surface area contributed by atoms with Gasteiger partial charge in [0.2, 0.25) is 5.91 Å². The Labute approximate surface area is 115 Å². The van der Waals surface area contributed by atoms with Gasteiger partial charge in [-0.2, -0.15) is 0 Å². The molecule has 1 saturated carbocycles. The van der Waals surface area contributed by atoms with E-state index in [0.29, 0.717) is 5.92 Å². The molecular formula is C16H24N2O. The fourth-order valence-electron chi connectivity index (χ4n) is 2.96. The van der Waals surface area contributed by atoms with E-state index >= 15 is 0 Å². The quantitative estimate of drug-likeness (QED) is 0.878. The maximum Gasteiger partial charge on any atom is 0.240 e. The molecule has 0 bridgehead atoms. The van der Waals surface area contributed by atoms with Crippen LogP contribution in [0.15, 0.2) is 30.3 Å². The second kappa shape index (κ2) is 5.74. The lowest BCUT2D eigenvalue weighted by Crippen LogP contribution is -2.56. The van der Waals surface area contributed by atoms with Gasteiger partial charge in [-0.1, -0.05) is 50.1 Å². The SMILES string of the molecule is CC1CCCC(N)(C(=O)NC(C)c2ccccc2)C1. The molecule has 0 saturated heterocycles. The highest BCUT2D eigenvalue weighted by Crippen LogP contribution is 2.31. The molecule has 3 atom stereocenters. The zero-order chi connectivity index (χ0) is 13.9. The summed E-state index contributed by atoms with van der Waals surface area (Å²) in [6.07, 6.45) is 3.82. The number of hydrogen-bond donors (Lipinski definition) is 2. The average Bonchev–Trinajstić information content (AvgIpc) is 2.39. The Balaban J connectivity index is 2.00. The molecule has 0 radical (unpaired) electrons. The minimum atomic E-state index is -0.680. The number of carbonyl (C=O) groups is 1. The van der Waals surface area contributed by atoms with E-state index in [0.717, 1.165) is 24.8 Å². The van der Waals surface area contributed by atoms with Crippen molar-refractivity contribution < 1.29 is 4.79 Å². The van der Waals surface area contributed by atoms with Gasteiger partial charge in [0.1, 0.15) is 0 Å². The summed E-state index contributed by atoms with van der Waals surface area (Å²) in [5.41, 5.74) is 6.74. The third-order valence-corrected chi connectivity index (χ3v) is 4.13. The molecule has 1 aromatic rings. The van der Waals surface area contributed by atoms with Crippen molar-refractivity contribution in [3.63, 3.8) is 0 Å². The van der Waals surface area contributed by atoms with Crippen LogP contribution in [-0.4, -0.2) is 11.4 Å². The van der Waals surface area contributed by atoms with Crippen molar-refractivity contribution in [1.82, 2.24) is 5.32 Å². The molecule has 1 aliphatic rings. The molecule has 3 nitrogen and oxygen atoms in total. The van der Waals surface area contributed by atoms with Crippen LogP contribution < -0.4 is 11.1 Å². The molecule has 1 aliphatic carbocycles. The molecular weight excluding hydrogens is 236 g/mol. The maximum absolute atomic E-state index is 12.4. The van der Waals surface area contributed by atoms with Crippen molar-refractivity contribution in [2.75, 3.05) is 0 Å². The summed E-state index contributed by atoms with van der Waals surface area (Å²) in [6, 6.07) is 10.0. The highest BCUT2D eigenvalue weighted by Gasteiger charge is 2.38. The van der Waals surface area contributed by atoms with Crippen molar-refractivity contribution in [3.05, 3.63) is 35.9 Å². The lowest BCUT2D eigenvalue weighted by Gasteiger charge is -2.36. The lowest BCUT2D eigenvalue weighted by atomic mass is 9.76. The topological polar surface area (TPSA) is 55.1 Å². The van der Waals surface area contributed by atoms with E-state index in [2.05, 4.69) is 12.2 Å². The number of nitrogens with one attached hydrogen (secondary N) is 1. The van der Waals surface area contributed by atoms with Gasteiger partial charge in [0.05, 0.1) is 11.6 Å². The molecule has 1 fully saturated rings. The van der Waals surface area contributed by atoms with Crippen molar-refractivity contribution >= 4 is 5.91 Å². The van der Waals surface area contributed by atoms with Gasteiger partial charge in [0.25, 0.3) is 0 Å². The number of hydrogen-bond acceptors (Lipinski definition) is 2. The summed E-state index contributed by atoms with van der Waals surface area (Å²) in [4.78, 5) is 12.4. The lowest BCUT2D eigenvalue weighted by molar-refractivity contribution is -0.128. The molecule has 0 spiro atoms. The molecule has 3 N–H and O–H groups in total. The number of carbonyl (C=O) groups excluding carboxylic acids is 1. The Morgan fingerprint density at radius 3 is 2.74 bits per heavy atom. The van der Waals surface area contributed by atoms with Crippen LogP contribution in [0, 0.1) is 5.92 Å². The van der Waals surface area contributed by atoms with Crippen LogP contribution >= 0.6 is 0 Å². The van der Waals surface area contributed by atoms with Crippen LogP contribution in [0.5, 0.6) is 0 Å². The number of benzene rings is 1. The first kappa shape index (κ1) is 14.1. The second-order valence-corrected chi connectivity index (χ2v) is 5.96. The van der Waals surface area contributed by atoms with E-state index in [9.17, 15) is 4.79 Å². The molecule has 0 aromatic heterocycles. The summed E-state index contributed by atoms with van der Waals surface area (Å²) in [5, 5.41) is 3.06. The number of rotatable bonds is 3. The Morgan fingerprint density at radius 2 is 2.11 bits per heavy atom. The summed E-state index contributed by atoms with van der Waals surface area (Å²) in [5.74, 6) is 0.534. The van der Waals surface area contributed by atoms with Gasteiger partial charge in [0, 0.05) is 0 Å². The predicted octanol–water partition coefficient (Wildman–Crippen LogP) is 2.77. The number of amides is 1. The first-order valence-corrected chi connectivity index (χ1v) is 7.16. The molecule has 3 heteroatoms. The summed E-state index contributed by atoms with van der Waals surface area (Å²) < 4.78 is 0. The Kier molecular flexibility index (Phi) is 4.25. The fraction of sp³-hybridized carbons (Fsp3) is 0.562. The smallest absolute Gasteiger partial charge is 0.240 e. The van der Waals surface area contributed by atoms with Gasteiger partial charge < -0.3 is 11.1 Å².